The molecule has 0 atom stereocenters. The maximum Gasteiger partial charge on any atom is 0.224 e. The van der Waals surface area contributed by atoms with Crippen LogP contribution in [-0.4, -0.2) is 23.3 Å². The number of nitrogens with two attached hydrogens (primary N) is 1. The highest BCUT2D eigenvalue weighted by Crippen LogP contribution is 2.19. The van der Waals surface area contributed by atoms with Crippen molar-refractivity contribution in [1.82, 2.24) is 0 Å². The molecule has 3 N–H and O–H groups in total. The lowest BCUT2D eigenvalue weighted by Crippen LogP contribution is -2.13. The van der Waals surface area contributed by atoms with E-state index in [4.69, 9.17) is 5.73 Å². The summed E-state index contributed by atoms with van der Waals surface area (Å²) >= 11 is 1.66. The summed E-state index contributed by atoms with van der Waals surface area (Å²) < 4.78 is 0. The van der Waals surface area contributed by atoms with Crippen LogP contribution in [0.25, 0.3) is 0 Å². The molecule has 5 heteroatoms. The first-order valence-corrected chi connectivity index (χ1v) is 7.88. The van der Waals surface area contributed by atoms with Crippen molar-refractivity contribution in [1.29, 1.82) is 0 Å². The Morgan fingerprint density at radius 3 is 2.40 bits per heavy atom. The van der Waals surface area contributed by atoms with Crippen LogP contribution in [0.1, 0.15) is 30.4 Å². The van der Waals surface area contributed by atoms with E-state index in [1.807, 2.05) is 32.0 Å². The van der Waals surface area contributed by atoms with Gasteiger partial charge >= 0.3 is 0 Å². The smallest absolute Gasteiger partial charge is 0.224 e. The molecule has 0 aliphatic heterocycles. The number of amides is 2. The van der Waals surface area contributed by atoms with Gasteiger partial charge in [0.15, 0.2) is 0 Å². The molecule has 1 rings (SSSR count). The SMILES string of the molecule is Cc1cccc(C)c1NC(=O)CCCSCCC(N)=O. The maximum atomic E-state index is 11.9. The molecular weight excluding hydrogens is 272 g/mol. The molecule has 0 bridgehead atoms. The van der Waals surface area contributed by atoms with Gasteiger partial charge in [0.2, 0.25) is 11.8 Å². The fourth-order valence-electron chi connectivity index (χ4n) is 1.82. The lowest BCUT2D eigenvalue weighted by Gasteiger charge is -2.11. The maximum absolute atomic E-state index is 11.9. The van der Waals surface area contributed by atoms with E-state index in [0.717, 1.165) is 34.7 Å². The normalized spacial score (nSPS) is 10.3. The van der Waals surface area contributed by atoms with E-state index < -0.39 is 0 Å². The minimum atomic E-state index is -0.273. The molecule has 0 radical (unpaired) electrons. The molecule has 1 aromatic rings. The number of hydrogen-bond acceptors (Lipinski definition) is 3. The van der Waals surface area contributed by atoms with Gasteiger partial charge in [0, 0.05) is 24.3 Å². The quantitative estimate of drug-likeness (QED) is 0.724. The van der Waals surface area contributed by atoms with E-state index >= 15 is 0 Å². The minimum absolute atomic E-state index is 0.0397. The summed E-state index contributed by atoms with van der Waals surface area (Å²) in [7, 11) is 0. The van der Waals surface area contributed by atoms with Gasteiger partial charge in [-0.25, -0.2) is 0 Å². The number of nitrogens with one attached hydrogen (secondary N) is 1. The average molecular weight is 294 g/mol. The van der Waals surface area contributed by atoms with Gasteiger partial charge in [0.25, 0.3) is 0 Å². The highest BCUT2D eigenvalue weighted by molar-refractivity contribution is 7.99. The topological polar surface area (TPSA) is 72.2 Å². The summed E-state index contributed by atoms with van der Waals surface area (Å²) in [5.41, 5.74) is 8.12. The second kappa shape index (κ2) is 8.64. The Kier molecular flexibility index (Phi) is 7.15. The summed E-state index contributed by atoms with van der Waals surface area (Å²) in [4.78, 5) is 22.4. The number of aryl methyl sites for hydroxylation is 2. The van der Waals surface area contributed by atoms with Crippen molar-refractivity contribution in [2.75, 3.05) is 16.8 Å². The fourth-order valence-corrected chi connectivity index (χ4v) is 2.72. The Hall–Kier alpha value is -1.49. The summed E-state index contributed by atoms with van der Waals surface area (Å²) in [6.07, 6.45) is 1.71. The van der Waals surface area contributed by atoms with Gasteiger partial charge in [-0.15, -0.1) is 0 Å². The van der Waals surface area contributed by atoms with Crippen molar-refractivity contribution in [3.05, 3.63) is 29.3 Å². The number of rotatable bonds is 8. The zero-order valence-electron chi connectivity index (χ0n) is 12.1. The van der Waals surface area contributed by atoms with Crippen LogP contribution in [0.5, 0.6) is 0 Å². The van der Waals surface area contributed by atoms with Crippen LogP contribution in [0, 0.1) is 13.8 Å². The van der Waals surface area contributed by atoms with Gasteiger partial charge in [-0.2, -0.15) is 11.8 Å². The van der Waals surface area contributed by atoms with Crippen LogP contribution in [-0.2, 0) is 9.59 Å². The van der Waals surface area contributed by atoms with Gasteiger partial charge in [0.05, 0.1) is 0 Å². The summed E-state index contributed by atoms with van der Waals surface area (Å²) in [6.45, 7) is 3.98. The molecule has 110 valence electrons. The number of anilines is 1. The van der Waals surface area contributed by atoms with Crippen molar-refractivity contribution in [2.24, 2.45) is 5.73 Å². The van der Waals surface area contributed by atoms with E-state index in [1.54, 1.807) is 11.8 Å². The zero-order chi connectivity index (χ0) is 15.0. The lowest BCUT2D eigenvalue weighted by atomic mass is 10.1. The molecule has 0 saturated heterocycles. The van der Waals surface area contributed by atoms with Crippen LogP contribution in [0.2, 0.25) is 0 Å². The number of benzene rings is 1. The molecule has 0 spiro atoms. The standard InChI is InChI=1S/C15H22N2O2S/c1-11-5-3-6-12(2)15(11)17-14(19)7-4-9-20-10-8-13(16)18/h3,5-6H,4,7-10H2,1-2H3,(H2,16,18)(H,17,19). The second-order valence-corrected chi connectivity index (χ2v) is 5.97. The van der Waals surface area contributed by atoms with E-state index in [9.17, 15) is 9.59 Å². The largest absolute Gasteiger partial charge is 0.370 e. The molecule has 0 fully saturated rings. The van der Waals surface area contributed by atoms with Crippen molar-refractivity contribution in [2.45, 2.75) is 33.1 Å². The van der Waals surface area contributed by atoms with Crippen molar-refractivity contribution < 1.29 is 9.59 Å². The molecule has 20 heavy (non-hydrogen) atoms. The highest BCUT2D eigenvalue weighted by atomic mass is 32.2. The van der Waals surface area contributed by atoms with Crippen LogP contribution < -0.4 is 11.1 Å². The highest BCUT2D eigenvalue weighted by Gasteiger charge is 2.06. The van der Waals surface area contributed by atoms with Gasteiger partial charge in [-0.05, 0) is 37.1 Å². The molecule has 1 aromatic carbocycles. The van der Waals surface area contributed by atoms with Crippen LogP contribution in [0.15, 0.2) is 18.2 Å². The number of carbonyl (C=O) groups is 2. The van der Waals surface area contributed by atoms with Crippen molar-refractivity contribution in [3.8, 4) is 0 Å². The number of thioether (sulfide) groups is 1. The summed E-state index contributed by atoms with van der Waals surface area (Å²) in [5.74, 6) is 1.37. The van der Waals surface area contributed by atoms with Gasteiger partial charge in [0.1, 0.15) is 0 Å². The molecule has 4 nitrogen and oxygen atoms in total. The Morgan fingerprint density at radius 2 is 1.80 bits per heavy atom. The first-order valence-electron chi connectivity index (χ1n) is 6.73. The van der Waals surface area contributed by atoms with Gasteiger partial charge in [-0.1, -0.05) is 18.2 Å². The Bertz CT molecular complexity index is 455. The first kappa shape index (κ1) is 16.6. The third-order valence-corrected chi connectivity index (χ3v) is 4.00. The van der Waals surface area contributed by atoms with E-state index in [0.29, 0.717) is 12.8 Å². The minimum Gasteiger partial charge on any atom is -0.370 e. The predicted molar refractivity (Wildman–Crippen MR) is 84.9 cm³/mol. The predicted octanol–water partition coefficient (Wildman–Crippen LogP) is 2.63. The second-order valence-electron chi connectivity index (χ2n) is 4.75. The Labute approximate surface area is 124 Å². The van der Waals surface area contributed by atoms with Crippen molar-refractivity contribution in [3.63, 3.8) is 0 Å². The third kappa shape index (κ3) is 6.10. The molecular formula is C15H22N2O2S. The van der Waals surface area contributed by atoms with E-state index in [2.05, 4.69) is 5.32 Å². The number of hydrogen-bond donors (Lipinski definition) is 2. The molecule has 0 aromatic heterocycles. The number of primary amides is 1. The molecule has 0 saturated carbocycles. The Morgan fingerprint density at radius 1 is 1.15 bits per heavy atom. The number of carbonyl (C=O) groups excluding carboxylic acids is 2. The molecule has 0 aliphatic rings. The average Bonchev–Trinajstić information content (AvgIpc) is 2.38. The molecule has 0 heterocycles. The Balaban J connectivity index is 2.25. The third-order valence-electron chi connectivity index (χ3n) is 2.93. The van der Waals surface area contributed by atoms with Crippen LogP contribution in [0.4, 0.5) is 5.69 Å². The van der Waals surface area contributed by atoms with Gasteiger partial charge < -0.3 is 11.1 Å². The monoisotopic (exact) mass is 294 g/mol. The zero-order valence-corrected chi connectivity index (χ0v) is 12.9. The van der Waals surface area contributed by atoms with Crippen molar-refractivity contribution >= 4 is 29.3 Å². The molecule has 0 aliphatic carbocycles. The van der Waals surface area contributed by atoms with Gasteiger partial charge in [-0.3, -0.25) is 9.59 Å². The summed E-state index contributed by atoms with van der Waals surface area (Å²) in [6, 6.07) is 5.96. The number of para-hydroxylation sites is 1. The molecule has 0 unspecified atom stereocenters. The fraction of sp³-hybridized carbons (Fsp3) is 0.467. The first-order chi connectivity index (χ1) is 9.50. The van der Waals surface area contributed by atoms with Crippen LogP contribution in [0.3, 0.4) is 0 Å². The van der Waals surface area contributed by atoms with E-state index in [-0.39, 0.29) is 11.8 Å². The van der Waals surface area contributed by atoms with E-state index in [1.165, 1.54) is 0 Å². The summed E-state index contributed by atoms with van der Waals surface area (Å²) in [5, 5.41) is 2.97. The molecule has 2 amide bonds. The lowest BCUT2D eigenvalue weighted by molar-refractivity contribution is -0.118. The van der Waals surface area contributed by atoms with Crippen LogP contribution >= 0.6 is 11.8 Å².